The minimum atomic E-state index is 0.226. The number of hydrogen-bond donors (Lipinski definition) is 3. The lowest BCUT2D eigenvalue weighted by atomic mass is 10.2. The maximum atomic E-state index is 5.57. The summed E-state index contributed by atoms with van der Waals surface area (Å²) in [6, 6.07) is 2.75. The van der Waals surface area contributed by atoms with Gasteiger partial charge in [0.15, 0.2) is 0 Å². The fourth-order valence-electron chi connectivity index (χ4n) is 2.11. The summed E-state index contributed by atoms with van der Waals surface area (Å²) in [4.78, 5) is 8.43. The first-order chi connectivity index (χ1) is 8.28. The molecule has 1 saturated carbocycles. The summed E-state index contributed by atoms with van der Waals surface area (Å²) in [5.74, 6) is 1.73. The molecule has 0 bridgehead atoms. The fourth-order valence-corrected chi connectivity index (χ4v) is 2.11. The van der Waals surface area contributed by atoms with Gasteiger partial charge < -0.3 is 16.4 Å². The van der Waals surface area contributed by atoms with E-state index in [9.17, 15) is 0 Å². The SMILES string of the molecule is CC(CN)Nc1cc(NC2CCCC2)ncn1. The first-order valence-corrected chi connectivity index (χ1v) is 6.33. The van der Waals surface area contributed by atoms with Crippen LogP contribution >= 0.6 is 0 Å². The molecule has 0 spiro atoms. The van der Waals surface area contributed by atoms with Crippen LogP contribution in [0.15, 0.2) is 12.4 Å². The van der Waals surface area contributed by atoms with Gasteiger partial charge in [-0.1, -0.05) is 12.8 Å². The van der Waals surface area contributed by atoms with Crippen molar-refractivity contribution in [2.45, 2.75) is 44.7 Å². The van der Waals surface area contributed by atoms with E-state index >= 15 is 0 Å². The number of rotatable bonds is 5. The van der Waals surface area contributed by atoms with Gasteiger partial charge in [0.05, 0.1) is 0 Å². The van der Waals surface area contributed by atoms with Crippen molar-refractivity contribution in [3.05, 3.63) is 12.4 Å². The molecular formula is C12H21N5. The van der Waals surface area contributed by atoms with Gasteiger partial charge in [0.25, 0.3) is 0 Å². The van der Waals surface area contributed by atoms with Gasteiger partial charge in [-0.2, -0.15) is 0 Å². The van der Waals surface area contributed by atoms with Crippen LogP contribution in [-0.4, -0.2) is 28.6 Å². The lowest BCUT2D eigenvalue weighted by Gasteiger charge is -2.15. The Labute approximate surface area is 102 Å². The highest BCUT2D eigenvalue weighted by Gasteiger charge is 2.15. The predicted octanol–water partition coefficient (Wildman–Crippen LogP) is 1.59. The average Bonchev–Trinajstić information content (AvgIpc) is 2.82. The lowest BCUT2D eigenvalue weighted by molar-refractivity contribution is 0.749. The first kappa shape index (κ1) is 12.1. The normalized spacial score (nSPS) is 18.0. The third-order valence-corrected chi connectivity index (χ3v) is 3.12. The third-order valence-electron chi connectivity index (χ3n) is 3.12. The Morgan fingerprint density at radius 3 is 2.76 bits per heavy atom. The van der Waals surface area contributed by atoms with Crippen LogP contribution in [0, 0.1) is 0 Å². The summed E-state index contributed by atoms with van der Waals surface area (Å²) >= 11 is 0. The van der Waals surface area contributed by atoms with Crippen molar-refractivity contribution < 1.29 is 0 Å². The van der Waals surface area contributed by atoms with Crippen LogP contribution in [-0.2, 0) is 0 Å². The van der Waals surface area contributed by atoms with Crippen molar-refractivity contribution in [3.63, 3.8) is 0 Å². The molecule has 0 aromatic carbocycles. The number of nitrogens with zero attached hydrogens (tertiary/aromatic N) is 2. The lowest BCUT2D eigenvalue weighted by Crippen LogP contribution is -2.25. The number of anilines is 2. The molecule has 2 rings (SSSR count). The monoisotopic (exact) mass is 235 g/mol. The maximum absolute atomic E-state index is 5.57. The van der Waals surface area contributed by atoms with Crippen LogP contribution in [0.1, 0.15) is 32.6 Å². The smallest absolute Gasteiger partial charge is 0.131 e. The molecule has 1 aromatic heterocycles. The van der Waals surface area contributed by atoms with Crippen LogP contribution in [0.5, 0.6) is 0 Å². The average molecular weight is 235 g/mol. The fraction of sp³-hybridized carbons (Fsp3) is 0.667. The Bertz CT molecular complexity index is 349. The van der Waals surface area contributed by atoms with Crippen LogP contribution < -0.4 is 16.4 Å². The summed E-state index contributed by atoms with van der Waals surface area (Å²) in [5, 5.41) is 6.69. The molecular weight excluding hydrogens is 214 g/mol. The Morgan fingerprint density at radius 2 is 2.06 bits per heavy atom. The molecule has 0 amide bonds. The van der Waals surface area contributed by atoms with Crippen LogP contribution in [0.25, 0.3) is 0 Å². The molecule has 0 radical (unpaired) electrons. The van der Waals surface area contributed by atoms with E-state index in [0.717, 1.165) is 11.6 Å². The van der Waals surface area contributed by atoms with E-state index < -0.39 is 0 Å². The molecule has 5 nitrogen and oxygen atoms in total. The molecule has 1 fully saturated rings. The number of hydrogen-bond acceptors (Lipinski definition) is 5. The second-order valence-electron chi connectivity index (χ2n) is 4.70. The van der Waals surface area contributed by atoms with Gasteiger partial charge in [0.2, 0.25) is 0 Å². The Hall–Kier alpha value is -1.36. The highest BCUT2D eigenvalue weighted by Crippen LogP contribution is 2.21. The molecule has 4 N–H and O–H groups in total. The van der Waals surface area contributed by atoms with Crippen molar-refractivity contribution in [2.75, 3.05) is 17.2 Å². The third kappa shape index (κ3) is 3.56. The summed E-state index contributed by atoms with van der Waals surface area (Å²) in [6.07, 6.45) is 6.71. The van der Waals surface area contributed by atoms with Crippen molar-refractivity contribution in [2.24, 2.45) is 5.73 Å². The van der Waals surface area contributed by atoms with Gasteiger partial charge >= 0.3 is 0 Å². The van der Waals surface area contributed by atoms with Gasteiger partial charge in [-0.05, 0) is 19.8 Å². The Balaban J connectivity index is 1.95. The Kier molecular flexibility index (Phi) is 4.14. The van der Waals surface area contributed by atoms with Gasteiger partial charge in [0, 0.05) is 24.7 Å². The zero-order chi connectivity index (χ0) is 12.1. The van der Waals surface area contributed by atoms with E-state index in [1.165, 1.54) is 25.7 Å². The largest absolute Gasteiger partial charge is 0.367 e. The second kappa shape index (κ2) is 5.82. The number of aromatic nitrogens is 2. The molecule has 1 aliphatic rings. The van der Waals surface area contributed by atoms with Gasteiger partial charge in [-0.3, -0.25) is 0 Å². The van der Waals surface area contributed by atoms with E-state index in [1.807, 2.05) is 13.0 Å². The molecule has 1 aromatic rings. The molecule has 1 aliphatic carbocycles. The topological polar surface area (TPSA) is 75.9 Å². The zero-order valence-corrected chi connectivity index (χ0v) is 10.3. The maximum Gasteiger partial charge on any atom is 0.131 e. The molecule has 17 heavy (non-hydrogen) atoms. The van der Waals surface area contributed by atoms with Crippen molar-refractivity contribution in [1.29, 1.82) is 0 Å². The molecule has 1 heterocycles. The van der Waals surface area contributed by atoms with Crippen molar-refractivity contribution in [3.8, 4) is 0 Å². The predicted molar refractivity (Wildman–Crippen MR) is 70.0 cm³/mol. The van der Waals surface area contributed by atoms with E-state index in [4.69, 9.17) is 5.73 Å². The summed E-state index contributed by atoms with van der Waals surface area (Å²) in [7, 11) is 0. The van der Waals surface area contributed by atoms with E-state index in [0.29, 0.717) is 12.6 Å². The molecule has 0 aliphatic heterocycles. The standard InChI is InChI=1S/C12H21N5/c1-9(7-13)16-11-6-12(15-8-14-11)17-10-4-2-3-5-10/h6,8-10H,2-5,7,13H2,1H3,(H2,14,15,16,17). The number of nitrogens with two attached hydrogens (primary N) is 1. The van der Waals surface area contributed by atoms with E-state index in [-0.39, 0.29) is 6.04 Å². The summed E-state index contributed by atoms with van der Waals surface area (Å²) in [6.45, 7) is 2.63. The van der Waals surface area contributed by atoms with Crippen LogP contribution in [0.3, 0.4) is 0 Å². The molecule has 5 heteroatoms. The van der Waals surface area contributed by atoms with E-state index in [1.54, 1.807) is 6.33 Å². The molecule has 94 valence electrons. The second-order valence-corrected chi connectivity index (χ2v) is 4.70. The quantitative estimate of drug-likeness (QED) is 0.722. The highest BCUT2D eigenvalue weighted by molar-refractivity contribution is 5.47. The minimum absolute atomic E-state index is 0.226. The molecule has 0 saturated heterocycles. The summed E-state index contributed by atoms with van der Waals surface area (Å²) in [5.41, 5.74) is 5.57. The Morgan fingerprint density at radius 1 is 1.35 bits per heavy atom. The van der Waals surface area contributed by atoms with Crippen LogP contribution in [0.2, 0.25) is 0 Å². The van der Waals surface area contributed by atoms with Gasteiger partial charge in [-0.25, -0.2) is 9.97 Å². The van der Waals surface area contributed by atoms with Crippen molar-refractivity contribution >= 4 is 11.6 Å². The first-order valence-electron chi connectivity index (χ1n) is 6.33. The molecule has 1 unspecified atom stereocenters. The van der Waals surface area contributed by atoms with E-state index in [2.05, 4.69) is 20.6 Å². The number of nitrogens with one attached hydrogen (secondary N) is 2. The minimum Gasteiger partial charge on any atom is -0.367 e. The zero-order valence-electron chi connectivity index (χ0n) is 10.3. The van der Waals surface area contributed by atoms with Crippen molar-refractivity contribution in [1.82, 2.24) is 9.97 Å². The summed E-state index contributed by atoms with van der Waals surface area (Å²) < 4.78 is 0. The van der Waals surface area contributed by atoms with Crippen LogP contribution in [0.4, 0.5) is 11.6 Å². The molecule has 1 atom stereocenters. The highest BCUT2D eigenvalue weighted by atomic mass is 15.1. The van der Waals surface area contributed by atoms with Gasteiger partial charge in [0.1, 0.15) is 18.0 Å². The van der Waals surface area contributed by atoms with Gasteiger partial charge in [-0.15, -0.1) is 0 Å².